The van der Waals surface area contributed by atoms with Crippen molar-refractivity contribution >= 4 is 28.8 Å². The van der Waals surface area contributed by atoms with Crippen molar-refractivity contribution in [2.24, 2.45) is 0 Å². The van der Waals surface area contributed by atoms with Crippen molar-refractivity contribution in [1.29, 1.82) is 0 Å². The number of hydrogen-bond acceptors (Lipinski definition) is 7. The van der Waals surface area contributed by atoms with Crippen LogP contribution in [0.2, 0.25) is 0 Å². The second kappa shape index (κ2) is 11.2. The predicted octanol–water partition coefficient (Wildman–Crippen LogP) is 2.46. The van der Waals surface area contributed by atoms with Crippen molar-refractivity contribution in [1.82, 2.24) is 34.4 Å². The molecule has 3 aromatic rings. The molecule has 3 amide bonds. The molecular formula is C27H36N8O3. The number of piperazine rings is 1. The van der Waals surface area contributed by atoms with Gasteiger partial charge in [0, 0.05) is 59.3 Å². The molecule has 2 aromatic heterocycles. The Kier molecular flexibility index (Phi) is 7.62. The molecule has 11 nitrogen and oxygen atoms in total. The van der Waals surface area contributed by atoms with E-state index in [4.69, 9.17) is 4.74 Å². The van der Waals surface area contributed by atoms with Gasteiger partial charge in [-0.3, -0.25) is 4.79 Å². The minimum absolute atomic E-state index is 0.0750. The van der Waals surface area contributed by atoms with Crippen molar-refractivity contribution in [2.45, 2.75) is 39.3 Å². The van der Waals surface area contributed by atoms with Crippen molar-refractivity contribution in [3.63, 3.8) is 0 Å². The smallest absolute Gasteiger partial charge is 0.320 e. The van der Waals surface area contributed by atoms with Crippen LogP contribution in [0.15, 0.2) is 36.8 Å². The summed E-state index contributed by atoms with van der Waals surface area (Å²) in [6.07, 6.45) is 5.06. The molecule has 11 heteroatoms. The standard InChI is InChI=1S/C27H36N8O3/c1-4-38-23-7-5-6-21(16-23)18-35-26-24(17-30-35)25(28-19-29-26)32-12-14-34(15-13-32)27(37)33-10-8-22(9-11-33)31(3)20(2)36/h5-7,16-17,19,22H,4,8-15,18H2,1-3H3. The lowest BCUT2D eigenvalue weighted by molar-refractivity contribution is -0.130. The minimum atomic E-state index is 0.0750. The summed E-state index contributed by atoms with van der Waals surface area (Å²) < 4.78 is 7.52. The molecule has 0 unspecified atom stereocenters. The van der Waals surface area contributed by atoms with Gasteiger partial charge in [-0.1, -0.05) is 12.1 Å². The van der Waals surface area contributed by atoms with Crippen LogP contribution in [0.4, 0.5) is 10.6 Å². The van der Waals surface area contributed by atoms with E-state index in [1.165, 1.54) is 0 Å². The number of ether oxygens (including phenoxy) is 1. The Bertz CT molecular complexity index is 1280. The molecule has 38 heavy (non-hydrogen) atoms. The maximum atomic E-state index is 13.2. The van der Waals surface area contributed by atoms with Crippen LogP contribution in [0.3, 0.4) is 0 Å². The van der Waals surface area contributed by atoms with E-state index in [-0.39, 0.29) is 18.0 Å². The van der Waals surface area contributed by atoms with Crippen molar-refractivity contribution < 1.29 is 14.3 Å². The van der Waals surface area contributed by atoms with Gasteiger partial charge in [0.05, 0.1) is 24.7 Å². The van der Waals surface area contributed by atoms with Gasteiger partial charge in [-0.05, 0) is 37.5 Å². The van der Waals surface area contributed by atoms with Crippen LogP contribution in [-0.4, -0.2) is 105 Å². The van der Waals surface area contributed by atoms with Crippen molar-refractivity contribution in [3.05, 3.63) is 42.4 Å². The first-order valence-corrected chi connectivity index (χ1v) is 13.3. The number of carbonyl (C=O) groups excluding carboxylic acids is 2. The van der Waals surface area contributed by atoms with Gasteiger partial charge in [0.2, 0.25) is 5.91 Å². The predicted molar refractivity (Wildman–Crippen MR) is 144 cm³/mol. The minimum Gasteiger partial charge on any atom is -0.494 e. The van der Waals surface area contributed by atoms with Gasteiger partial charge in [-0.2, -0.15) is 5.10 Å². The molecule has 2 fully saturated rings. The maximum absolute atomic E-state index is 13.2. The number of carbonyl (C=O) groups is 2. The first-order valence-electron chi connectivity index (χ1n) is 13.3. The Hall–Kier alpha value is -3.89. The number of aromatic nitrogens is 4. The number of benzene rings is 1. The number of piperidine rings is 1. The highest BCUT2D eigenvalue weighted by atomic mass is 16.5. The molecular weight excluding hydrogens is 484 g/mol. The SMILES string of the molecule is CCOc1cccc(Cn2ncc3c(N4CCN(C(=O)N5CCC(N(C)C(C)=O)CC5)CC4)ncnc32)c1. The third-order valence-corrected chi connectivity index (χ3v) is 7.58. The molecule has 2 aliphatic rings. The Morgan fingerprint density at radius 3 is 2.50 bits per heavy atom. The molecule has 0 N–H and O–H groups in total. The molecule has 5 rings (SSSR count). The molecule has 0 aliphatic carbocycles. The van der Waals surface area contributed by atoms with E-state index >= 15 is 0 Å². The Morgan fingerprint density at radius 2 is 1.79 bits per heavy atom. The summed E-state index contributed by atoms with van der Waals surface area (Å²) in [4.78, 5) is 41.8. The third-order valence-electron chi connectivity index (χ3n) is 7.58. The Morgan fingerprint density at radius 1 is 1.05 bits per heavy atom. The zero-order valence-electron chi connectivity index (χ0n) is 22.4. The van der Waals surface area contributed by atoms with E-state index in [0.29, 0.717) is 52.4 Å². The summed E-state index contributed by atoms with van der Waals surface area (Å²) in [7, 11) is 1.84. The zero-order valence-corrected chi connectivity index (χ0v) is 22.4. The lowest BCUT2D eigenvalue weighted by Crippen LogP contribution is -2.55. The molecule has 0 spiro atoms. The Labute approximate surface area is 223 Å². The van der Waals surface area contributed by atoms with Gasteiger partial charge in [-0.15, -0.1) is 0 Å². The Balaban J connectivity index is 1.21. The maximum Gasteiger partial charge on any atom is 0.320 e. The van der Waals surface area contributed by atoms with Crippen LogP contribution in [0.5, 0.6) is 5.75 Å². The van der Waals surface area contributed by atoms with Crippen LogP contribution < -0.4 is 9.64 Å². The number of fused-ring (bicyclic) bond motifs is 1. The first kappa shape index (κ1) is 25.7. The van der Waals surface area contributed by atoms with E-state index in [1.807, 2.05) is 52.8 Å². The summed E-state index contributed by atoms with van der Waals surface area (Å²) in [5, 5.41) is 5.51. The number of anilines is 1. The summed E-state index contributed by atoms with van der Waals surface area (Å²) in [5.74, 6) is 1.77. The second-order valence-electron chi connectivity index (χ2n) is 9.92. The van der Waals surface area contributed by atoms with E-state index < -0.39 is 0 Å². The van der Waals surface area contributed by atoms with E-state index in [1.54, 1.807) is 18.2 Å². The molecule has 0 saturated carbocycles. The van der Waals surface area contributed by atoms with E-state index in [9.17, 15) is 9.59 Å². The van der Waals surface area contributed by atoms with Crippen LogP contribution in [-0.2, 0) is 11.3 Å². The number of urea groups is 1. The zero-order chi connectivity index (χ0) is 26.6. The molecule has 2 saturated heterocycles. The lowest BCUT2D eigenvalue weighted by atomic mass is 10.0. The van der Waals surface area contributed by atoms with Crippen molar-refractivity contribution in [3.8, 4) is 5.75 Å². The average Bonchev–Trinajstić information content (AvgIpc) is 3.35. The largest absolute Gasteiger partial charge is 0.494 e. The molecule has 0 atom stereocenters. The van der Waals surface area contributed by atoms with E-state index in [0.717, 1.165) is 41.0 Å². The fourth-order valence-corrected chi connectivity index (χ4v) is 5.33. The van der Waals surface area contributed by atoms with Gasteiger partial charge in [0.25, 0.3) is 0 Å². The summed E-state index contributed by atoms with van der Waals surface area (Å²) >= 11 is 0. The molecule has 4 heterocycles. The summed E-state index contributed by atoms with van der Waals surface area (Å²) in [6.45, 7) is 8.80. The van der Waals surface area contributed by atoms with E-state index in [2.05, 4.69) is 26.0 Å². The number of hydrogen-bond donors (Lipinski definition) is 0. The monoisotopic (exact) mass is 520 g/mol. The van der Waals surface area contributed by atoms with Crippen LogP contribution >= 0.6 is 0 Å². The molecule has 0 radical (unpaired) electrons. The lowest BCUT2D eigenvalue weighted by Gasteiger charge is -2.41. The quantitative estimate of drug-likeness (QED) is 0.492. The van der Waals surface area contributed by atoms with Gasteiger partial charge in [0.1, 0.15) is 17.9 Å². The molecule has 2 aliphatic heterocycles. The second-order valence-corrected chi connectivity index (χ2v) is 9.92. The number of nitrogens with zero attached hydrogens (tertiary/aromatic N) is 8. The van der Waals surface area contributed by atoms with Gasteiger partial charge in [0.15, 0.2) is 5.65 Å². The van der Waals surface area contributed by atoms with Gasteiger partial charge in [-0.25, -0.2) is 19.4 Å². The normalized spacial score (nSPS) is 16.7. The molecule has 1 aromatic carbocycles. The van der Waals surface area contributed by atoms with Gasteiger partial charge >= 0.3 is 6.03 Å². The topological polar surface area (TPSA) is 99.9 Å². The molecule has 202 valence electrons. The average molecular weight is 521 g/mol. The summed E-state index contributed by atoms with van der Waals surface area (Å²) in [6, 6.07) is 8.32. The number of rotatable bonds is 6. The van der Waals surface area contributed by atoms with Crippen molar-refractivity contribution in [2.75, 3.05) is 57.8 Å². The molecule has 0 bridgehead atoms. The highest BCUT2D eigenvalue weighted by Gasteiger charge is 2.31. The first-order chi connectivity index (χ1) is 18.4. The van der Waals surface area contributed by atoms with Crippen LogP contribution in [0.25, 0.3) is 11.0 Å². The number of amides is 3. The fourth-order valence-electron chi connectivity index (χ4n) is 5.33. The summed E-state index contributed by atoms with van der Waals surface area (Å²) in [5.41, 5.74) is 1.87. The van der Waals surface area contributed by atoms with Gasteiger partial charge < -0.3 is 24.3 Å². The number of likely N-dealkylation sites (tertiary alicyclic amines) is 1. The highest BCUT2D eigenvalue weighted by Crippen LogP contribution is 2.25. The third kappa shape index (κ3) is 5.36. The van der Waals surface area contributed by atoms with Crippen LogP contribution in [0, 0.1) is 0 Å². The highest BCUT2D eigenvalue weighted by molar-refractivity contribution is 5.87. The fraction of sp³-hybridized carbons (Fsp3) is 0.519. The van der Waals surface area contributed by atoms with Crippen LogP contribution in [0.1, 0.15) is 32.3 Å².